The van der Waals surface area contributed by atoms with Gasteiger partial charge in [0.05, 0.1) is 5.69 Å². The molecule has 3 heterocycles. The predicted octanol–water partition coefficient (Wildman–Crippen LogP) is 6.51. The van der Waals surface area contributed by atoms with Gasteiger partial charge >= 0.3 is 5.97 Å². The van der Waals surface area contributed by atoms with Gasteiger partial charge in [-0.05, 0) is 66.3 Å². The monoisotopic (exact) mass is 458 g/mol. The summed E-state index contributed by atoms with van der Waals surface area (Å²) in [5, 5.41) is 19.7. The summed E-state index contributed by atoms with van der Waals surface area (Å²) in [4.78, 5) is 17.4. The van der Waals surface area contributed by atoms with Gasteiger partial charge in [0.1, 0.15) is 11.4 Å². The Labute approximate surface area is 196 Å². The van der Waals surface area contributed by atoms with Gasteiger partial charge in [0, 0.05) is 28.4 Å². The average molecular weight is 459 g/mol. The molecule has 0 aliphatic heterocycles. The second kappa shape index (κ2) is 8.83. The fraction of sp³-hybridized carbons (Fsp3) is 0.269. The summed E-state index contributed by atoms with van der Waals surface area (Å²) in [5.41, 5.74) is 4.36. The topological polar surface area (TPSA) is 80.0 Å². The molecule has 1 aliphatic rings. The van der Waals surface area contributed by atoms with E-state index < -0.39 is 5.97 Å². The first-order valence-corrected chi connectivity index (χ1v) is 12.1. The molecule has 3 aromatic heterocycles. The Bertz CT molecular complexity index is 1270. The highest BCUT2D eigenvalue weighted by atomic mass is 32.1. The molecule has 5 rings (SSSR count). The molecule has 4 aromatic rings. The van der Waals surface area contributed by atoms with Crippen molar-refractivity contribution < 1.29 is 9.90 Å². The van der Waals surface area contributed by atoms with Crippen molar-refractivity contribution in [3.8, 4) is 16.1 Å². The summed E-state index contributed by atoms with van der Waals surface area (Å²) in [6.45, 7) is 4.35. The predicted molar refractivity (Wildman–Crippen MR) is 132 cm³/mol. The molecule has 1 aromatic carbocycles. The second-order valence-corrected chi connectivity index (χ2v) is 9.87. The van der Waals surface area contributed by atoms with Crippen molar-refractivity contribution in [3.63, 3.8) is 0 Å². The lowest BCUT2D eigenvalue weighted by molar-refractivity contribution is 0.0697. The van der Waals surface area contributed by atoms with Crippen LogP contribution in [0.5, 0.6) is 0 Å². The van der Waals surface area contributed by atoms with Crippen molar-refractivity contribution >= 4 is 28.9 Å². The Kier molecular flexibility index (Phi) is 5.72. The number of aromatic carboxylic acids is 1. The Morgan fingerprint density at radius 2 is 2.00 bits per heavy atom. The van der Waals surface area contributed by atoms with Crippen LogP contribution in [-0.2, 0) is 6.42 Å². The standard InChI is InChI=1S/C26H26N4O2S/c1-16(2)12-21-14-24(29-30(21)20-9-7-18(8-10-20)17-5-6-17)28-25-22(26(31)32)13-19(15-27-25)23-4-3-11-33-23/h3-4,7-11,13-17H,5-6,12H2,1-2H3,(H,31,32)(H,27,28,29). The number of nitrogens with one attached hydrogen (secondary N) is 1. The fourth-order valence-electron chi connectivity index (χ4n) is 4.00. The molecule has 0 unspecified atom stereocenters. The maximum absolute atomic E-state index is 12.0. The maximum Gasteiger partial charge on any atom is 0.339 e. The van der Waals surface area contributed by atoms with Crippen molar-refractivity contribution in [1.29, 1.82) is 0 Å². The van der Waals surface area contributed by atoms with Gasteiger partial charge in [-0.2, -0.15) is 0 Å². The van der Waals surface area contributed by atoms with Crippen molar-refractivity contribution in [2.75, 3.05) is 5.32 Å². The summed E-state index contributed by atoms with van der Waals surface area (Å²) >= 11 is 1.55. The summed E-state index contributed by atoms with van der Waals surface area (Å²) < 4.78 is 1.94. The van der Waals surface area contributed by atoms with Gasteiger partial charge in [0.2, 0.25) is 0 Å². The Morgan fingerprint density at radius 1 is 1.21 bits per heavy atom. The van der Waals surface area contributed by atoms with Crippen LogP contribution in [-0.4, -0.2) is 25.8 Å². The maximum atomic E-state index is 12.0. The van der Waals surface area contributed by atoms with Crippen LogP contribution in [0.2, 0.25) is 0 Å². The third-order valence-corrected chi connectivity index (χ3v) is 6.68. The molecule has 1 fully saturated rings. The van der Waals surface area contributed by atoms with Gasteiger partial charge in [0.25, 0.3) is 0 Å². The average Bonchev–Trinajstić information content (AvgIpc) is 3.35. The van der Waals surface area contributed by atoms with Gasteiger partial charge in [-0.15, -0.1) is 16.4 Å². The van der Waals surface area contributed by atoms with Crippen molar-refractivity contribution in [3.05, 3.63) is 76.9 Å². The minimum atomic E-state index is -1.03. The van der Waals surface area contributed by atoms with E-state index >= 15 is 0 Å². The lowest BCUT2D eigenvalue weighted by Gasteiger charge is -2.10. The Morgan fingerprint density at radius 3 is 2.64 bits per heavy atom. The lowest BCUT2D eigenvalue weighted by Crippen LogP contribution is -2.07. The van der Waals surface area contributed by atoms with Gasteiger partial charge in [-0.25, -0.2) is 14.5 Å². The number of hydrogen-bond donors (Lipinski definition) is 2. The van der Waals surface area contributed by atoms with E-state index in [2.05, 4.69) is 48.4 Å². The van der Waals surface area contributed by atoms with Crippen LogP contribution < -0.4 is 5.32 Å². The van der Waals surface area contributed by atoms with Gasteiger partial charge < -0.3 is 10.4 Å². The minimum Gasteiger partial charge on any atom is -0.478 e. The van der Waals surface area contributed by atoms with E-state index in [1.165, 1.54) is 18.4 Å². The molecular formula is C26H26N4O2S. The Balaban J connectivity index is 1.47. The minimum absolute atomic E-state index is 0.120. The molecule has 1 saturated carbocycles. The zero-order chi connectivity index (χ0) is 22.9. The molecule has 2 N–H and O–H groups in total. The highest BCUT2D eigenvalue weighted by Crippen LogP contribution is 2.40. The van der Waals surface area contributed by atoms with Crippen LogP contribution in [0.25, 0.3) is 16.1 Å². The number of nitrogens with zero attached hydrogens (tertiary/aromatic N) is 3. The molecular weight excluding hydrogens is 432 g/mol. The molecule has 1 aliphatic carbocycles. The van der Waals surface area contributed by atoms with Crippen LogP contribution >= 0.6 is 11.3 Å². The first-order chi connectivity index (χ1) is 16.0. The number of rotatable bonds is 8. The summed E-state index contributed by atoms with van der Waals surface area (Å²) in [7, 11) is 0. The number of carboxylic acids is 1. The fourth-order valence-corrected chi connectivity index (χ4v) is 4.71. The van der Waals surface area contributed by atoms with Crippen LogP contribution in [0.15, 0.2) is 60.1 Å². The molecule has 6 nitrogen and oxygen atoms in total. The van der Waals surface area contributed by atoms with Gasteiger partial charge in [-0.3, -0.25) is 0 Å². The van der Waals surface area contributed by atoms with Gasteiger partial charge in [-0.1, -0.05) is 32.0 Å². The zero-order valence-electron chi connectivity index (χ0n) is 18.7. The van der Waals surface area contributed by atoms with E-state index in [0.29, 0.717) is 17.7 Å². The number of carboxylic acid groups (broad SMARTS) is 1. The molecule has 0 atom stereocenters. The third-order valence-electron chi connectivity index (χ3n) is 5.76. The van der Waals surface area contributed by atoms with Crippen molar-refractivity contribution in [2.45, 2.75) is 39.0 Å². The van der Waals surface area contributed by atoms with E-state index in [-0.39, 0.29) is 11.4 Å². The SMILES string of the molecule is CC(C)Cc1cc(Nc2ncc(-c3cccs3)cc2C(=O)O)nn1-c1ccc(C2CC2)cc1. The number of hydrogen-bond acceptors (Lipinski definition) is 5. The first-order valence-electron chi connectivity index (χ1n) is 11.2. The zero-order valence-corrected chi connectivity index (χ0v) is 19.5. The van der Waals surface area contributed by atoms with E-state index in [1.54, 1.807) is 23.6 Å². The summed E-state index contributed by atoms with van der Waals surface area (Å²) in [5.74, 6) is 1.00. The first kappa shape index (κ1) is 21.4. The van der Waals surface area contributed by atoms with Crippen LogP contribution in [0.4, 0.5) is 11.6 Å². The van der Waals surface area contributed by atoms with Crippen LogP contribution in [0.1, 0.15) is 54.2 Å². The quantitative estimate of drug-likeness (QED) is 0.314. The third kappa shape index (κ3) is 4.68. The molecule has 168 valence electrons. The van der Waals surface area contributed by atoms with E-state index in [1.807, 2.05) is 28.3 Å². The van der Waals surface area contributed by atoms with Crippen molar-refractivity contribution in [2.24, 2.45) is 5.92 Å². The highest BCUT2D eigenvalue weighted by molar-refractivity contribution is 7.13. The molecule has 0 saturated heterocycles. The van der Waals surface area contributed by atoms with Crippen molar-refractivity contribution in [1.82, 2.24) is 14.8 Å². The number of carbonyl (C=O) groups is 1. The largest absolute Gasteiger partial charge is 0.478 e. The van der Waals surface area contributed by atoms with Crippen LogP contribution in [0, 0.1) is 5.92 Å². The molecule has 0 amide bonds. The summed E-state index contributed by atoms with van der Waals surface area (Å²) in [6.07, 6.45) is 5.11. The van der Waals surface area contributed by atoms with E-state index in [9.17, 15) is 9.90 Å². The number of thiophene rings is 1. The Hall–Kier alpha value is -3.45. The second-order valence-electron chi connectivity index (χ2n) is 8.92. The van der Waals surface area contributed by atoms with E-state index in [4.69, 9.17) is 5.10 Å². The smallest absolute Gasteiger partial charge is 0.339 e. The lowest BCUT2D eigenvalue weighted by atomic mass is 10.1. The molecule has 7 heteroatoms. The van der Waals surface area contributed by atoms with Gasteiger partial charge in [0.15, 0.2) is 5.82 Å². The number of benzene rings is 1. The van der Waals surface area contributed by atoms with Crippen LogP contribution in [0.3, 0.4) is 0 Å². The number of anilines is 2. The summed E-state index contributed by atoms with van der Waals surface area (Å²) in [6, 6.07) is 16.1. The molecule has 33 heavy (non-hydrogen) atoms. The molecule has 0 radical (unpaired) electrons. The number of aromatic nitrogens is 3. The van der Waals surface area contributed by atoms with E-state index in [0.717, 1.165) is 28.2 Å². The highest BCUT2D eigenvalue weighted by Gasteiger charge is 2.23. The number of pyridine rings is 1. The molecule has 0 bridgehead atoms. The molecule has 0 spiro atoms. The normalized spacial score (nSPS) is 13.4.